The van der Waals surface area contributed by atoms with Gasteiger partial charge >= 0.3 is 0 Å². The lowest BCUT2D eigenvalue weighted by Crippen LogP contribution is -2.62. The number of piperazine rings is 1. The van der Waals surface area contributed by atoms with Crippen LogP contribution in [0.3, 0.4) is 0 Å². The summed E-state index contributed by atoms with van der Waals surface area (Å²) in [6, 6.07) is 4.10. The molecule has 25 heavy (non-hydrogen) atoms. The maximum Gasteiger partial charge on any atom is 0.254 e. The molecule has 3 N–H and O–H groups in total. The van der Waals surface area contributed by atoms with Gasteiger partial charge < -0.3 is 20.9 Å². The van der Waals surface area contributed by atoms with Crippen molar-refractivity contribution in [2.45, 2.75) is 24.9 Å². The van der Waals surface area contributed by atoms with Crippen molar-refractivity contribution in [3.63, 3.8) is 0 Å². The van der Waals surface area contributed by atoms with E-state index in [1.165, 1.54) is 23.1 Å². The summed E-state index contributed by atoms with van der Waals surface area (Å²) in [6.45, 7) is 1.79. The van der Waals surface area contributed by atoms with Gasteiger partial charge in [0.15, 0.2) is 0 Å². The Labute approximate surface area is 144 Å². The highest BCUT2D eigenvalue weighted by molar-refractivity contribution is 5.98. The first-order chi connectivity index (χ1) is 12.1. The predicted octanol–water partition coefficient (Wildman–Crippen LogP) is -0.365. The molecule has 1 aromatic rings. The van der Waals surface area contributed by atoms with E-state index in [9.17, 15) is 18.8 Å². The third kappa shape index (κ3) is 3.96. The molecule has 0 spiro atoms. The zero-order valence-corrected chi connectivity index (χ0v) is 13.8. The molecule has 2 heterocycles. The largest absolute Gasteiger partial charge is 0.354 e. The molecule has 2 atom stereocenters. The van der Waals surface area contributed by atoms with Crippen molar-refractivity contribution in [3.05, 3.63) is 35.6 Å². The molecule has 3 rings (SSSR count). The maximum absolute atomic E-state index is 13.4. The van der Waals surface area contributed by atoms with Crippen LogP contribution in [0.1, 0.15) is 23.2 Å². The molecule has 0 saturated carbocycles. The van der Waals surface area contributed by atoms with Gasteiger partial charge in [-0.3, -0.25) is 14.4 Å². The van der Waals surface area contributed by atoms with E-state index < -0.39 is 23.8 Å². The fourth-order valence-electron chi connectivity index (χ4n) is 3.15. The zero-order chi connectivity index (χ0) is 17.8. The highest BCUT2D eigenvalue weighted by Crippen LogP contribution is 2.13. The number of halogens is 1. The van der Waals surface area contributed by atoms with Crippen LogP contribution in [0.15, 0.2) is 24.3 Å². The number of benzene rings is 1. The topological polar surface area (TPSA) is 90.5 Å². The first-order valence-corrected chi connectivity index (χ1v) is 8.41. The van der Waals surface area contributed by atoms with Gasteiger partial charge in [0.25, 0.3) is 5.91 Å². The van der Waals surface area contributed by atoms with Gasteiger partial charge in [0.2, 0.25) is 11.8 Å². The molecule has 0 bridgehead atoms. The average Bonchev–Trinajstić information content (AvgIpc) is 2.63. The van der Waals surface area contributed by atoms with Crippen LogP contribution < -0.4 is 16.0 Å². The van der Waals surface area contributed by atoms with Crippen molar-refractivity contribution in [2.24, 2.45) is 0 Å². The number of hydrogen-bond acceptors (Lipinski definition) is 4. The molecule has 0 aliphatic carbocycles. The minimum absolute atomic E-state index is 0.202. The molecule has 1 aromatic carbocycles. The van der Waals surface area contributed by atoms with Crippen molar-refractivity contribution in [3.8, 4) is 0 Å². The van der Waals surface area contributed by atoms with E-state index in [1.807, 2.05) is 0 Å². The molecular weight excluding hydrogens is 327 g/mol. The molecule has 0 aromatic heterocycles. The van der Waals surface area contributed by atoms with Crippen molar-refractivity contribution in [2.75, 3.05) is 26.2 Å². The van der Waals surface area contributed by atoms with Gasteiger partial charge in [-0.05, 0) is 31.0 Å². The second-order valence-electron chi connectivity index (χ2n) is 6.22. The van der Waals surface area contributed by atoms with Gasteiger partial charge in [-0.25, -0.2) is 4.39 Å². The number of carbonyl (C=O) groups is 3. The molecule has 2 fully saturated rings. The minimum Gasteiger partial charge on any atom is -0.354 e. The monoisotopic (exact) mass is 348 g/mol. The standard InChI is InChI=1S/C17H21FN4O3/c18-12-4-1-3-11(9-12)17(25)22-8-7-19-10-14(22)16(24)21-13-5-2-6-20-15(13)23/h1,3-4,9,13-14,19H,2,5-8,10H2,(H,20,23)(H,21,24). The van der Waals surface area contributed by atoms with E-state index in [0.717, 1.165) is 12.5 Å². The van der Waals surface area contributed by atoms with Crippen molar-refractivity contribution >= 4 is 17.7 Å². The Morgan fingerprint density at radius 2 is 2.12 bits per heavy atom. The van der Waals surface area contributed by atoms with Crippen LogP contribution in [0.5, 0.6) is 0 Å². The molecule has 0 radical (unpaired) electrons. The molecule has 7 nitrogen and oxygen atoms in total. The highest BCUT2D eigenvalue weighted by atomic mass is 19.1. The summed E-state index contributed by atoms with van der Waals surface area (Å²) in [5.74, 6) is -1.47. The van der Waals surface area contributed by atoms with Crippen molar-refractivity contribution in [1.29, 1.82) is 0 Å². The van der Waals surface area contributed by atoms with E-state index in [-0.39, 0.29) is 17.4 Å². The lowest BCUT2D eigenvalue weighted by Gasteiger charge is -2.36. The first kappa shape index (κ1) is 17.3. The predicted molar refractivity (Wildman–Crippen MR) is 88.3 cm³/mol. The number of nitrogens with one attached hydrogen (secondary N) is 3. The van der Waals surface area contributed by atoms with Crippen LogP contribution in [0, 0.1) is 5.82 Å². The van der Waals surface area contributed by atoms with Gasteiger partial charge in [-0.15, -0.1) is 0 Å². The molecule has 2 aliphatic heterocycles. The van der Waals surface area contributed by atoms with Crippen LogP contribution >= 0.6 is 0 Å². The molecule has 3 amide bonds. The second kappa shape index (κ2) is 7.60. The van der Waals surface area contributed by atoms with Crippen molar-refractivity contribution in [1.82, 2.24) is 20.9 Å². The Hall–Kier alpha value is -2.48. The van der Waals surface area contributed by atoms with Gasteiger partial charge in [0, 0.05) is 31.7 Å². The van der Waals surface area contributed by atoms with Crippen LogP contribution in [-0.2, 0) is 9.59 Å². The molecular formula is C17H21FN4O3. The van der Waals surface area contributed by atoms with Gasteiger partial charge in [-0.1, -0.05) is 6.07 Å². The van der Waals surface area contributed by atoms with Gasteiger partial charge in [-0.2, -0.15) is 0 Å². The Balaban J connectivity index is 1.72. The van der Waals surface area contributed by atoms with E-state index in [4.69, 9.17) is 0 Å². The molecule has 134 valence electrons. The minimum atomic E-state index is -0.737. The Morgan fingerprint density at radius 3 is 2.88 bits per heavy atom. The van der Waals surface area contributed by atoms with Crippen molar-refractivity contribution < 1.29 is 18.8 Å². The number of amides is 3. The lowest BCUT2D eigenvalue weighted by molar-refractivity contribution is -0.132. The third-order valence-electron chi connectivity index (χ3n) is 4.48. The fraction of sp³-hybridized carbons (Fsp3) is 0.471. The van der Waals surface area contributed by atoms with Crippen LogP contribution in [0.4, 0.5) is 4.39 Å². The Kier molecular flexibility index (Phi) is 5.28. The van der Waals surface area contributed by atoms with Crippen LogP contribution in [0.2, 0.25) is 0 Å². The molecule has 8 heteroatoms. The third-order valence-corrected chi connectivity index (χ3v) is 4.48. The summed E-state index contributed by atoms with van der Waals surface area (Å²) in [5.41, 5.74) is 0.204. The summed E-state index contributed by atoms with van der Waals surface area (Å²) in [5, 5.41) is 8.52. The quantitative estimate of drug-likeness (QED) is 0.696. The number of piperidine rings is 1. The van der Waals surface area contributed by atoms with E-state index >= 15 is 0 Å². The average molecular weight is 348 g/mol. The summed E-state index contributed by atoms with van der Waals surface area (Å²) < 4.78 is 13.4. The first-order valence-electron chi connectivity index (χ1n) is 8.41. The molecule has 2 saturated heterocycles. The molecule has 2 unspecified atom stereocenters. The molecule has 2 aliphatic rings. The Morgan fingerprint density at radius 1 is 1.28 bits per heavy atom. The van der Waals surface area contributed by atoms with E-state index in [0.29, 0.717) is 32.6 Å². The highest BCUT2D eigenvalue weighted by Gasteiger charge is 2.35. The number of nitrogens with zero attached hydrogens (tertiary/aromatic N) is 1. The summed E-state index contributed by atoms with van der Waals surface area (Å²) in [4.78, 5) is 38.6. The number of hydrogen-bond donors (Lipinski definition) is 3. The lowest BCUT2D eigenvalue weighted by atomic mass is 10.0. The normalized spacial score (nSPS) is 23.7. The van der Waals surface area contributed by atoms with Gasteiger partial charge in [0.05, 0.1) is 0 Å². The van der Waals surface area contributed by atoms with E-state index in [1.54, 1.807) is 0 Å². The summed E-state index contributed by atoms with van der Waals surface area (Å²) in [7, 11) is 0. The van der Waals surface area contributed by atoms with Crippen LogP contribution in [0.25, 0.3) is 0 Å². The van der Waals surface area contributed by atoms with Crippen LogP contribution in [-0.4, -0.2) is 60.9 Å². The SMILES string of the molecule is O=C1NCCCC1NC(=O)C1CNCCN1C(=O)c1cccc(F)c1. The fourth-order valence-corrected chi connectivity index (χ4v) is 3.15. The second-order valence-corrected chi connectivity index (χ2v) is 6.22. The van der Waals surface area contributed by atoms with E-state index in [2.05, 4.69) is 16.0 Å². The van der Waals surface area contributed by atoms with Gasteiger partial charge in [0.1, 0.15) is 17.9 Å². The maximum atomic E-state index is 13.4. The Bertz CT molecular complexity index is 682. The number of carbonyl (C=O) groups excluding carboxylic acids is 3. The summed E-state index contributed by atoms with van der Waals surface area (Å²) in [6.07, 6.45) is 1.38. The summed E-state index contributed by atoms with van der Waals surface area (Å²) >= 11 is 0. The zero-order valence-electron chi connectivity index (χ0n) is 13.8. The number of rotatable bonds is 3. The smallest absolute Gasteiger partial charge is 0.254 e.